The Bertz CT molecular complexity index is 1240. The van der Waals surface area contributed by atoms with Crippen molar-refractivity contribution in [2.24, 2.45) is 0 Å². The highest BCUT2D eigenvalue weighted by molar-refractivity contribution is 7.92. The Balaban J connectivity index is 1.42. The van der Waals surface area contributed by atoms with Crippen LogP contribution in [-0.2, 0) is 21.3 Å². The molecule has 178 valence electrons. The average Bonchev–Trinajstić information content (AvgIpc) is 2.84. The van der Waals surface area contributed by atoms with Gasteiger partial charge in [-0.25, -0.2) is 12.8 Å². The van der Waals surface area contributed by atoms with Crippen molar-refractivity contribution in [1.82, 2.24) is 0 Å². The van der Waals surface area contributed by atoms with Crippen molar-refractivity contribution in [3.05, 3.63) is 89.7 Å². The average molecular weight is 484 g/mol. The van der Waals surface area contributed by atoms with E-state index >= 15 is 0 Å². The lowest BCUT2D eigenvalue weighted by Gasteiger charge is -2.28. The first kappa shape index (κ1) is 23.7. The number of sulfonamides is 1. The van der Waals surface area contributed by atoms with Gasteiger partial charge in [-0.2, -0.15) is 0 Å². The maximum absolute atomic E-state index is 14.2. The van der Waals surface area contributed by atoms with Gasteiger partial charge in [0.2, 0.25) is 10.0 Å². The summed E-state index contributed by atoms with van der Waals surface area (Å²) >= 11 is 0. The predicted molar refractivity (Wildman–Crippen MR) is 131 cm³/mol. The molecule has 0 aliphatic carbocycles. The first-order chi connectivity index (χ1) is 16.3. The smallest absolute Gasteiger partial charge is 0.255 e. The predicted octanol–water partition coefficient (Wildman–Crippen LogP) is 3.88. The molecule has 1 amide bonds. The summed E-state index contributed by atoms with van der Waals surface area (Å²) in [7, 11) is -3.71. The Morgan fingerprint density at radius 2 is 1.65 bits per heavy atom. The molecule has 0 unspecified atom stereocenters. The van der Waals surface area contributed by atoms with Crippen LogP contribution < -0.4 is 14.5 Å². The lowest BCUT2D eigenvalue weighted by atomic mass is 10.1. The molecule has 0 radical (unpaired) electrons. The van der Waals surface area contributed by atoms with Crippen molar-refractivity contribution in [3.8, 4) is 0 Å². The Morgan fingerprint density at radius 1 is 1.00 bits per heavy atom. The first-order valence-electron chi connectivity index (χ1n) is 10.9. The molecule has 3 aromatic carbocycles. The molecular weight excluding hydrogens is 457 g/mol. The van der Waals surface area contributed by atoms with E-state index in [4.69, 9.17) is 4.74 Å². The van der Waals surface area contributed by atoms with E-state index in [-0.39, 0.29) is 18.1 Å². The summed E-state index contributed by atoms with van der Waals surface area (Å²) in [6, 6.07) is 19.9. The minimum absolute atomic E-state index is 0.0210. The van der Waals surface area contributed by atoms with Gasteiger partial charge in [-0.05, 0) is 54.1 Å². The second kappa shape index (κ2) is 10.2. The molecule has 1 saturated heterocycles. The summed E-state index contributed by atoms with van der Waals surface area (Å²) in [4.78, 5) is 14.9. The van der Waals surface area contributed by atoms with E-state index in [9.17, 15) is 17.6 Å². The highest BCUT2D eigenvalue weighted by atomic mass is 32.2. The van der Waals surface area contributed by atoms with E-state index in [1.165, 1.54) is 18.2 Å². The summed E-state index contributed by atoms with van der Waals surface area (Å²) in [5.41, 5.74) is 2.79. The van der Waals surface area contributed by atoms with Crippen molar-refractivity contribution in [2.45, 2.75) is 6.54 Å². The monoisotopic (exact) mass is 483 g/mol. The van der Waals surface area contributed by atoms with Gasteiger partial charge >= 0.3 is 0 Å². The van der Waals surface area contributed by atoms with Crippen LogP contribution in [0, 0.1) is 5.82 Å². The fourth-order valence-corrected chi connectivity index (χ4v) is 4.63. The van der Waals surface area contributed by atoms with Crippen LogP contribution in [0.3, 0.4) is 0 Å². The largest absolute Gasteiger partial charge is 0.378 e. The van der Waals surface area contributed by atoms with Crippen LogP contribution in [0.1, 0.15) is 15.9 Å². The molecule has 34 heavy (non-hydrogen) atoms. The van der Waals surface area contributed by atoms with E-state index in [1.54, 1.807) is 30.3 Å². The number of hydrogen-bond donors (Lipinski definition) is 1. The van der Waals surface area contributed by atoms with Gasteiger partial charge in [0.1, 0.15) is 5.82 Å². The molecule has 9 heteroatoms. The third-order valence-electron chi connectivity index (χ3n) is 5.57. The number of nitrogens with one attached hydrogen (secondary N) is 1. The van der Waals surface area contributed by atoms with Crippen molar-refractivity contribution >= 4 is 33.0 Å². The molecule has 0 bridgehead atoms. The van der Waals surface area contributed by atoms with Crippen LogP contribution in [0.15, 0.2) is 72.8 Å². The number of amides is 1. The van der Waals surface area contributed by atoms with Gasteiger partial charge in [-0.1, -0.05) is 24.3 Å². The van der Waals surface area contributed by atoms with E-state index in [0.29, 0.717) is 30.0 Å². The fraction of sp³-hybridized carbons (Fsp3) is 0.240. The van der Waals surface area contributed by atoms with Crippen LogP contribution in [-0.4, -0.2) is 46.9 Å². The van der Waals surface area contributed by atoms with Crippen molar-refractivity contribution in [3.63, 3.8) is 0 Å². The molecule has 0 atom stereocenters. The zero-order valence-corrected chi connectivity index (χ0v) is 19.6. The Labute approximate surface area is 198 Å². The first-order valence-corrected chi connectivity index (χ1v) is 12.7. The molecule has 7 nitrogen and oxygen atoms in total. The maximum atomic E-state index is 14.2. The van der Waals surface area contributed by atoms with Crippen LogP contribution >= 0.6 is 0 Å². The number of benzene rings is 3. The van der Waals surface area contributed by atoms with Gasteiger partial charge in [-0.15, -0.1) is 0 Å². The summed E-state index contributed by atoms with van der Waals surface area (Å²) in [6.07, 6.45) is 1.03. The molecular formula is C25H26FN3O4S. The number of rotatable bonds is 7. The van der Waals surface area contributed by atoms with Crippen molar-refractivity contribution < 1.29 is 22.3 Å². The van der Waals surface area contributed by atoms with Gasteiger partial charge in [0, 0.05) is 30.0 Å². The lowest BCUT2D eigenvalue weighted by Crippen LogP contribution is -2.36. The standard InChI is InChI=1S/C25H26FN3O4S/c1-34(31,32)29(24-5-3-2-4-23(24)26)18-19-6-8-20(9-7-19)25(30)27-21-10-12-22(13-11-21)28-14-16-33-17-15-28/h2-13H,14-18H2,1H3,(H,27,30). The van der Waals surface area contributed by atoms with Gasteiger partial charge in [-0.3, -0.25) is 9.10 Å². The highest BCUT2D eigenvalue weighted by Crippen LogP contribution is 2.24. The molecule has 4 rings (SSSR count). The molecule has 1 N–H and O–H groups in total. The Hall–Kier alpha value is -3.43. The van der Waals surface area contributed by atoms with E-state index < -0.39 is 15.8 Å². The number of hydrogen-bond acceptors (Lipinski definition) is 5. The summed E-state index contributed by atoms with van der Waals surface area (Å²) < 4.78 is 45.1. The molecule has 0 saturated carbocycles. The summed E-state index contributed by atoms with van der Waals surface area (Å²) in [5, 5.41) is 2.87. The van der Waals surface area contributed by atoms with Gasteiger partial charge in [0.05, 0.1) is 31.7 Å². The van der Waals surface area contributed by atoms with Crippen molar-refractivity contribution in [2.75, 3.05) is 47.1 Å². The third-order valence-corrected chi connectivity index (χ3v) is 6.69. The number of carbonyl (C=O) groups is 1. The number of ether oxygens (including phenoxy) is 1. The van der Waals surface area contributed by atoms with E-state index in [1.807, 2.05) is 24.3 Å². The van der Waals surface area contributed by atoms with Gasteiger partial charge in [0.15, 0.2) is 0 Å². The lowest BCUT2D eigenvalue weighted by molar-refractivity contribution is 0.102. The Morgan fingerprint density at radius 3 is 2.26 bits per heavy atom. The topological polar surface area (TPSA) is 79.0 Å². The van der Waals surface area contributed by atoms with E-state index in [2.05, 4.69) is 10.2 Å². The number of halogens is 1. The number of morpholine rings is 1. The number of para-hydroxylation sites is 1. The minimum atomic E-state index is -3.71. The quantitative estimate of drug-likeness (QED) is 0.552. The molecule has 0 aromatic heterocycles. The van der Waals surface area contributed by atoms with Crippen LogP contribution in [0.2, 0.25) is 0 Å². The van der Waals surface area contributed by atoms with E-state index in [0.717, 1.165) is 29.3 Å². The Kier molecular flexibility index (Phi) is 7.14. The highest BCUT2D eigenvalue weighted by Gasteiger charge is 2.21. The third kappa shape index (κ3) is 5.73. The zero-order chi connectivity index (χ0) is 24.1. The van der Waals surface area contributed by atoms with Crippen LogP contribution in [0.4, 0.5) is 21.5 Å². The normalized spacial score (nSPS) is 14.0. The van der Waals surface area contributed by atoms with Crippen molar-refractivity contribution in [1.29, 1.82) is 0 Å². The SMILES string of the molecule is CS(=O)(=O)N(Cc1ccc(C(=O)Nc2ccc(N3CCOCC3)cc2)cc1)c1ccccc1F. The van der Waals surface area contributed by atoms with Gasteiger partial charge < -0.3 is 15.0 Å². The molecule has 1 aliphatic heterocycles. The minimum Gasteiger partial charge on any atom is -0.378 e. The second-order valence-corrected chi connectivity index (χ2v) is 9.93. The molecule has 1 heterocycles. The number of carbonyl (C=O) groups excluding carboxylic acids is 1. The molecule has 0 spiro atoms. The second-order valence-electron chi connectivity index (χ2n) is 8.02. The summed E-state index contributed by atoms with van der Waals surface area (Å²) in [6.45, 7) is 3.04. The van der Waals surface area contributed by atoms with Crippen LogP contribution in [0.5, 0.6) is 0 Å². The number of nitrogens with zero attached hydrogens (tertiary/aromatic N) is 2. The molecule has 3 aromatic rings. The van der Waals surface area contributed by atoms with Gasteiger partial charge in [0.25, 0.3) is 5.91 Å². The van der Waals surface area contributed by atoms with Crippen LogP contribution in [0.25, 0.3) is 0 Å². The maximum Gasteiger partial charge on any atom is 0.255 e. The number of anilines is 3. The summed E-state index contributed by atoms with van der Waals surface area (Å²) in [5.74, 6) is -0.900. The zero-order valence-electron chi connectivity index (χ0n) is 18.8. The molecule has 1 aliphatic rings. The fourth-order valence-electron chi connectivity index (χ4n) is 3.74. The molecule has 1 fully saturated rings.